The van der Waals surface area contributed by atoms with Gasteiger partial charge in [-0.25, -0.2) is 9.97 Å². The van der Waals surface area contributed by atoms with Crippen LogP contribution in [-0.4, -0.2) is 14.5 Å². The fourth-order valence-electron chi connectivity index (χ4n) is 4.38. The number of hydrogen-bond donors (Lipinski definition) is 1. The Hall–Kier alpha value is -4.58. The fourth-order valence-corrected chi connectivity index (χ4v) is 4.38. The Kier molecular flexibility index (Phi) is 5.16. The molecule has 0 bridgehead atoms. The van der Waals surface area contributed by atoms with Crippen LogP contribution in [0.15, 0.2) is 113 Å². The van der Waals surface area contributed by atoms with Gasteiger partial charge in [-0.05, 0) is 35.4 Å². The van der Waals surface area contributed by atoms with Crippen molar-refractivity contribution in [1.29, 1.82) is 0 Å². The van der Waals surface area contributed by atoms with Crippen molar-refractivity contribution in [3.63, 3.8) is 0 Å². The van der Waals surface area contributed by atoms with E-state index in [9.17, 15) is 0 Å². The van der Waals surface area contributed by atoms with Gasteiger partial charge in [0.1, 0.15) is 29.3 Å². The van der Waals surface area contributed by atoms with Crippen molar-refractivity contribution in [2.75, 3.05) is 5.32 Å². The molecule has 0 fully saturated rings. The van der Waals surface area contributed by atoms with Crippen molar-refractivity contribution in [3.8, 4) is 22.4 Å². The van der Waals surface area contributed by atoms with Crippen LogP contribution in [0.4, 0.5) is 5.82 Å². The molecule has 0 saturated carbocycles. The number of nitrogens with zero attached hydrogens (tertiary/aromatic N) is 3. The number of hydrogen-bond acceptors (Lipinski definition) is 5. The van der Waals surface area contributed by atoms with Gasteiger partial charge in [0.05, 0.1) is 36.7 Å². The van der Waals surface area contributed by atoms with Gasteiger partial charge in [-0.15, -0.1) is 0 Å². The zero-order chi connectivity index (χ0) is 22.7. The van der Waals surface area contributed by atoms with Gasteiger partial charge in [-0.1, -0.05) is 60.7 Å². The standard InChI is InChI=1S/C28H22N4O2/c1-3-9-20(10-4-1)24-25-27(29-17-22-13-7-15-33-22)30-19-31-28(25)32(18-23-14-8-16-34-23)26(24)21-11-5-2-6-12-21/h1-16,19H,17-18H2,(H,29,30,31). The molecule has 0 aliphatic rings. The molecular formula is C28H22N4O2. The minimum absolute atomic E-state index is 0.525. The van der Waals surface area contributed by atoms with Crippen LogP contribution in [0.3, 0.4) is 0 Å². The number of rotatable bonds is 7. The first-order valence-electron chi connectivity index (χ1n) is 11.1. The molecule has 2 aromatic carbocycles. The summed E-state index contributed by atoms with van der Waals surface area (Å²) in [5, 5.41) is 4.43. The largest absolute Gasteiger partial charge is 0.467 e. The Bertz CT molecular complexity index is 1500. The molecule has 6 heteroatoms. The molecule has 1 N–H and O–H groups in total. The van der Waals surface area contributed by atoms with E-state index in [-0.39, 0.29) is 0 Å². The van der Waals surface area contributed by atoms with Gasteiger partial charge in [-0.3, -0.25) is 0 Å². The van der Waals surface area contributed by atoms with Crippen molar-refractivity contribution >= 4 is 16.9 Å². The van der Waals surface area contributed by atoms with Gasteiger partial charge in [-0.2, -0.15) is 0 Å². The molecule has 0 aliphatic carbocycles. The monoisotopic (exact) mass is 446 g/mol. The van der Waals surface area contributed by atoms with Crippen LogP contribution in [0.25, 0.3) is 33.4 Å². The highest BCUT2D eigenvalue weighted by Crippen LogP contribution is 2.43. The van der Waals surface area contributed by atoms with E-state index in [2.05, 4.69) is 63.4 Å². The topological polar surface area (TPSA) is 69.0 Å². The summed E-state index contributed by atoms with van der Waals surface area (Å²) in [4.78, 5) is 9.38. The lowest BCUT2D eigenvalue weighted by atomic mass is 9.99. The van der Waals surface area contributed by atoms with E-state index < -0.39 is 0 Å². The first-order chi connectivity index (χ1) is 16.9. The van der Waals surface area contributed by atoms with Crippen molar-refractivity contribution in [2.45, 2.75) is 13.1 Å². The van der Waals surface area contributed by atoms with Gasteiger partial charge < -0.3 is 18.7 Å². The lowest BCUT2D eigenvalue weighted by Crippen LogP contribution is -2.04. The second-order valence-corrected chi connectivity index (χ2v) is 7.97. The zero-order valence-corrected chi connectivity index (χ0v) is 18.4. The Labute approximate surface area is 196 Å². The first-order valence-corrected chi connectivity index (χ1v) is 11.1. The van der Waals surface area contributed by atoms with Gasteiger partial charge in [0.25, 0.3) is 0 Å². The van der Waals surface area contributed by atoms with E-state index in [0.717, 1.165) is 50.8 Å². The third kappa shape index (κ3) is 3.65. The molecule has 0 saturated heterocycles. The highest BCUT2D eigenvalue weighted by Gasteiger charge is 2.24. The van der Waals surface area contributed by atoms with Crippen LogP contribution in [0, 0.1) is 0 Å². The summed E-state index contributed by atoms with van der Waals surface area (Å²) in [5.74, 6) is 2.46. The molecule has 6 nitrogen and oxygen atoms in total. The Morgan fingerprint density at radius 3 is 2.06 bits per heavy atom. The van der Waals surface area contributed by atoms with Crippen LogP contribution in [0.2, 0.25) is 0 Å². The van der Waals surface area contributed by atoms with Crippen molar-refractivity contribution in [1.82, 2.24) is 14.5 Å². The molecule has 0 radical (unpaired) electrons. The zero-order valence-electron chi connectivity index (χ0n) is 18.4. The Balaban J connectivity index is 1.64. The van der Waals surface area contributed by atoms with E-state index in [0.29, 0.717) is 13.1 Å². The molecule has 34 heavy (non-hydrogen) atoms. The van der Waals surface area contributed by atoms with Crippen molar-refractivity contribution < 1.29 is 8.83 Å². The summed E-state index contributed by atoms with van der Waals surface area (Å²) < 4.78 is 13.5. The van der Waals surface area contributed by atoms with E-state index in [4.69, 9.17) is 13.8 Å². The second-order valence-electron chi connectivity index (χ2n) is 7.97. The number of nitrogens with one attached hydrogen (secondary N) is 1. The minimum atomic E-state index is 0.525. The predicted molar refractivity (Wildman–Crippen MR) is 132 cm³/mol. The summed E-state index contributed by atoms with van der Waals surface area (Å²) in [7, 11) is 0. The van der Waals surface area contributed by atoms with Gasteiger partial charge in [0.2, 0.25) is 0 Å². The summed E-state index contributed by atoms with van der Waals surface area (Å²) in [5.41, 5.74) is 5.19. The normalized spacial score (nSPS) is 11.2. The molecule has 6 rings (SSSR count). The van der Waals surface area contributed by atoms with Crippen LogP contribution >= 0.6 is 0 Å². The van der Waals surface area contributed by atoms with Crippen molar-refractivity contribution in [3.05, 3.63) is 115 Å². The van der Waals surface area contributed by atoms with Gasteiger partial charge >= 0.3 is 0 Å². The molecule has 0 atom stereocenters. The molecule has 4 aromatic heterocycles. The highest BCUT2D eigenvalue weighted by atomic mass is 16.3. The molecule has 0 unspecified atom stereocenters. The molecule has 0 aliphatic heterocycles. The average molecular weight is 447 g/mol. The fraction of sp³-hybridized carbons (Fsp3) is 0.0714. The van der Waals surface area contributed by atoms with E-state index in [1.165, 1.54) is 0 Å². The second kappa shape index (κ2) is 8.75. The van der Waals surface area contributed by atoms with Crippen molar-refractivity contribution in [2.24, 2.45) is 0 Å². The summed E-state index contributed by atoms with van der Waals surface area (Å²) in [6.07, 6.45) is 4.98. The third-order valence-corrected chi connectivity index (χ3v) is 5.85. The maximum Gasteiger partial charge on any atom is 0.147 e. The predicted octanol–water partition coefficient (Wildman–Crippen LogP) is 6.61. The van der Waals surface area contributed by atoms with Crippen LogP contribution in [0.1, 0.15) is 11.5 Å². The van der Waals surface area contributed by atoms with Gasteiger partial charge in [0, 0.05) is 5.56 Å². The quantitative estimate of drug-likeness (QED) is 0.299. The lowest BCUT2D eigenvalue weighted by molar-refractivity contribution is 0.497. The van der Waals surface area contributed by atoms with Crippen LogP contribution in [-0.2, 0) is 13.1 Å². The van der Waals surface area contributed by atoms with E-state index >= 15 is 0 Å². The average Bonchev–Trinajstić information content (AvgIpc) is 3.66. The first kappa shape index (κ1) is 20.1. The number of anilines is 1. The van der Waals surface area contributed by atoms with Crippen LogP contribution < -0.4 is 5.32 Å². The maximum absolute atomic E-state index is 5.73. The number of benzene rings is 2. The Morgan fingerprint density at radius 2 is 1.38 bits per heavy atom. The number of furan rings is 2. The van der Waals surface area contributed by atoms with E-state index in [1.54, 1.807) is 18.9 Å². The van der Waals surface area contributed by atoms with Crippen LogP contribution in [0.5, 0.6) is 0 Å². The molecule has 0 spiro atoms. The summed E-state index contributed by atoms with van der Waals surface area (Å²) >= 11 is 0. The highest BCUT2D eigenvalue weighted by molar-refractivity contribution is 6.08. The van der Waals surface area contributed by atoms with Gasteiger partial charge in [0.15, 0.2) is 0 Å². The van der Waals surface area contributed by atoms with E-state index in [1.807, 2.05) is 36.4 Å². The summed E-state index contributed by atoms with van der Waals surface area (Å²) in [6, 6.07) is 28.5. The smallest absolute Gasteiger partial charge is 0.147 e. The summed E-state index contributed by atoms with van der Waals surface area (Å²) in [6.45, 7) is 1.08. The Morgan fingerprint density at radius 1 is 0.706 bits per heavy atom. The SMILES string of the molecule is c1ccc(-c2c(-c3ccccc3)n(Cc3ccco3)c3ncnc(NCc4ccco4)c23)cc1. The molecule has 166 valence electrons. The molecule has 4 heterocycles. The third-order valence-electron chi connectivity index (χ3n) is 5.85. The minimum Gasteiger partial charge on any atom is -0.467 e. The maximum atomic E-state index is 5.73. The number of fused-ring (bicyclic) bond motifs is 1. The molecular weight excluding hydrogens is 424 g/mol. The molecule has 0 amide bonds. The number of aromatic nitrogens is 3. The lowest BCUT2D eigenvalue weighted by Gasteiger charge is -2.11. The molecule has 6 aromatic rings.